The predicted molar refractivity (Wildman–Crippen MR) is 58.6 cm³/mol. The minimum absolute atomic E-state index is 0.260. The first kappa shape index (κ1) is 14.0. The lowest BCUT2D eigenvalue weighted by Crippen LogP contribution is -2.36. The van der Waals surface area contributed by atoms with Gasteiger partial charge in [-0.2, -0.15) is 13.2 Å². The number of aliphatic carboxylic acids is 1. The third kappa shape index (κ3) is 4.74. The Labute approximate surface area is 104 Å². The Morgan fingerprint density at radius 3 is 2.59 bits per heavy atom. The van der Waals surface area contributed by atoms with Crippen molar-refractivity contribution in [2.24, 2.45) is 0 Å². The molecule has 3 nitrogen and oxygen atoms in total. The highest BCUT2D eigenvalue weighted by Crippen LogP contribution is 2.20. The molecular weight excluding hydrogens is 303 g/mol. The van der Waals surface area contributed by atoms with E-state index >= 15 is 0 Å². The molecule has 94 valence electrons. The number of hydrogen-bond donors (Lipinski definition) is 2. The van der Waals surface area contributed by atoms with Crippen molar-refractivity contribution in [3.8, 4) is 0 Å². The van der Waals surface area contributed by atoms with Crippen LogP contribution in [0.2, 0.25) is 0 Å². The largest absolute Gasteiger partial charge is 0.480 e. The minimum atomic E-state index is -4.44. The monoisotopic (exact) mass is 311 g/mol. The van der Waals surface area contributed by atoms with E-state index in [1.807, 2.05) is 5.32 Å². The molecule has 7 heteroatoms. The highest BCUT2D eigenvalue weighted by molar-refractivity contribution is 9.10. The minimum Gasteiger partial charge on any atom is -0.480 e. The fraction of sp³-hybridized carbons (Fsp3) is 0.300. The van der Waals surface area contributed by atoms with Gasteiger partial charge in [-0.25, -0.2) is 0 Å². The molecule has 2 N–H and O–H groups in total. The second-order valence-corrected chi connectivity index (χ2v) is 4.24. The Kier molecular flexibility index (Phi) is 4.53. The molecule has 0 radical (unpaired) electrons. The smallest absolute Gasteiger partial charge is 0.401 e. The van der Waals surface area contributed by atoms with Crippen molar-refractivity contribution < 1.29 is 23.1 Å². The SMILES string of the molecule is O=C(O)C(NCC(F)(F)F)c1cccc(Br)c1. The number of alkyl halides is 3. The van der Waals surface area contributed by atoms with Crippen LogP contribution >= 0.6 is 15.9 Å². The van der Waals surface area contributed by atoms with Crippen LogP contribution in [0.1, 0.15) is 11.6 Å². The van der Waals surface area contributed by atoms with E-state index in [1.54, 1.807) is 12.1 Å². The van der Waals surface area contributed by atoms with Gasteiger partial charge in [-0.15, -0.1) is 0 Å². The molecule has 1 unspecified atom stereocenters. The molecule has 0 spiro atoms. The lowest BCUT2D eigenvalue weighted by Gasteiger charge is -2.16. The highest BCUT2D eigenvalue weighted by Gasteiger charge is 2.30. The first-order chi connectivity index (χ1) is 7.79. The quantitative estimate of drug-likeness (QED) is 0.899. The van der Waals surface area contributed by atoms with Gasteiger partial charge < -0.3 is 5.11 Å². The molecular formula is C10H9BrF3NO2. The van der Waals surface area contributed by atoms with Crippen LogP contribution in [0, 0.1) is 0 Å². The van der Waals surface area contributed by atoms with Gasteiger partial charge in [-0.05, 0) is 17.7 Å². The van der Waals surface area contributed by atoms with E-state index in [-0.39, 0.29) is 5.56 Å². The molecule has 0 aliphatic carbocycles. The lowest BCUT2D eigenvalue weighted by atomic mass is 10.1. The van der Waals surface area contributed by atoms with Crippen molar-refractivity contribution in [1.82, 2.24) is 5.32 Å². The van der Waals surface area contributed by atoms with E-state index in [0.29, 0.717) is 4.47 Å². The van der Waals surface area contributed by atoms with Gasteiger partial charge in [0.05, 0.1) is 6.54 Å². The summed E-state index contributed by atoms with van der Waals surface area (Å²) in [6, 6.07) is 4.75. The Balaban J connectivity index is 2.83. The topological polar surface area (TPSA) is 49.3 Å². The van der Waals surface area contributed by atoms with Crippen molar-refractivity contribution in [2.45, 2.75) is 12.2 Å². The van der Waals surface area contributed by atoms with E-state index in [0.717, 1.165) is 0 Å². The van der Waals surface area contributed by atoms with Gasteiger partial charge in [0.25, 0.3) is 0 Å². The molecule has 1 atom stereocenters. The van der Waals surface area contributed by atoms with Crippen LogP contribution in [-0.2, 0) is 4.79 Å². The maximum absolute atomic E-state index is 12.0. The maximum atomic E-state index is 12.0. The molecule has 0 saturated carbocycles. The second kappa shape index (κ2) is 5.50. The first-order valence-electron chi connectivity index (χ1n) is 4.58. The molecule has 0 aromatic heterocycles. The maximum Gasteiger partial charge on any atom is 0.401 e. The van der Waals surface area contributed by atoms with Crippen molar-refractivity contribution in [2.75, 3.05) is 6.54 Å². The summed E-state index contributed by atoms with van der Waals surface area (Å²) >= 11 is 3.13. The van der Waals surface area contributed by atoms with E-state index in [1.165, 1.54) is 12.1 Å². The van der Waals surface area contributed by atoms with E-state index in [4.69, 9.17) is 5.11 Å². The number of carboxylic acids is 1. The zero-order chi connectivity index (χ0) is 13.1. The molecule has 1 aromatic rings. The summed E-state index contributed by atoms with van der Waals surface area (Å²) in [5.41, 5.74) is 0.260. The molecule has 0 saturated heterocycles. The van der Waals surface area contributed by atoms with Crippen molar-refractivity contribution in [3.05, 3.63) is 34.3 Å². The number of rotatable bonds is 4. The molecule has 0 heterocycles. The fourth-order valence-electron chi connectivity index (χ4n) is 1.25. The summed E-state index contributed by atoms with van der Waals surface area (Å²) in [5.74, 6) is -1.35. The van der Waals surface area contributed by atoms with Crippen molar-refractivity contribution >= 4 is 21.9 Å². The van der Waals surface area contributed by atoms with E-state index in [2.05, 4.69) is 15.9 Å². The summed E-state index contributed by atoms with van der Waals surface area (Å²) < 4.78 is 36.6. The summed E-state index contributed by atoms with van der Waals surface area (Å²) in [6.07, 6.45) is -4.44. The van der Waals surface area contributed by atoms with Crippen LogP contribution < -0.4 is 5.32 Å². The number of carboxylic acid groups (broad SMARTS) is 1. The van der Waals surface area contributed by atoms with Crippen LogP contribution in [0.3, 0.4) is 0 Å². The molecule has 0 aliphatic rings. The molecule has 0 bridgehead atoms. The number of benzene rings is 1. The van der Waals surface area contributed by atoms with Gasteiger partial charge in [-0.3, -0.25) is 10.1 Å². The van der Waals surface area contributed by atoms with Gasteiger partial charge in [0.15, 0.2) is 0 Å². The highest BCUT2D eigenvalue weighted by atomic mass is 79.9. The molecule has 1 aromatic carbocycles. The van der Waals surface area contributed by atoms with Gasteiger partial charge in [0.2, 0.25) is 0 Å². The van der Waals surface area contributed by atoms with E-state index < -0.39 is 24.7 Å². The van der Waals surface area contributed by atoms with Gasteiger partial charge in [0.1, 0.15) is 6.04 Å². The summed E-state index contributed by atoms with van der Waals surface area (Å²) in [6.45, 7) is -1.35. The second-order valence-electron chi connectivity index (χ2n) is 3.32. The predicted octanol–water partition coefficient (Wildman–Crippen LogP) is 2.73. The average Bonchev–Trinajstić information content (AvgIpc) is 2.15. The number of hydrogen-bond acceptors (Lipinski definition) is 2. The summed E-state index contributed by atoms with van der Waals surface area (Å²) in [4.78, 5) is 10.9. The number of carbonyl (C=O) groups is 1. The zero-order valence-corrected chi connectivity index (χ0v) is 10.0. The van der Waals surface area contributed by atoms with Crippen LogP contribution in [0.5, 0.6) is 0 Å². The lowest BCUT2D eigenvalue weighted by molar-refractivity contribution is -0.143. The Hall–Kier alpha value is -1.08. The average molecular weight is 312 g/mol. The van der Waals surface area contributed by atoms with Crippen molar-refractivity contribution in [1.29, 1.82) is 0 Å². The Morgan fingerprint density at radius 2 is 2.12 bits per heavy atom. The standard InChI is InChI=1S/C10H9BrF3NO2/c11-7-3-1-2-6(4-7)8(9(16)17)15-5-10(12,13)14/h1-4,8,15H,5H2,(H,16,17). The third-order valence-electron chi connectivity index (χ3n) is 1.94. The van der Waals surface area contributed by atoms with Gasteiger partial charge in [-0.1, -0.05) is 28.1 Å². The van der Waals surface area contributed by atoms with Crippen LogP contribution in [0.15, 0.2) is 28.7 Å². The molecule has 1 rings (SSSR count). The Morgan fingerprint density at radius 1 is 1.47 bits per heavy atom. The van der Waals surface area contributed by atoms with Crippen molar-refractivity contribution in [3.63, 3.8) is 0 Å². The number of nitrogens with one attached hydrogen (secondary N) is 1. The van der Waals surface area contributed by atoms with Gasteiger partial charge >= 0.3 is 12.1 Å². The number of halogens is 4. The first-order valence-corrected chi connectivity index (χ1v) is 5.37. The molecule has 17 heavy (non-hydrogen) atoms. The Bertz CT molecular complexity index is 409. The van der Waals surface area contributed by atoms with Crippen LogP contribution in [0.4, 0.5) is 13.2 Å². The normalized spacial score (nSPS) is 13.4. The van der Waals surface area contributed by atoms with Crippen LogP contribution in [-0.4, -0.2) is 23.8 Å². The molecule has 0 fully saturated rings. The summed E-state index contributed by atoms with van der Waals surface area (Å²) in [5, 5.41) is 10.8. The summed E-state index contributed by atoms with van der Waals surface area (Å²) in [7, 11) is 0. The van der Waals surface area contributed by atoms with Gasteiger partial charge in [0, 0.05) is 4.47 Å². The molecule has 0 amide bonds. The molecule has 0 aliphatic heterocycles. The zero-order valence-electron chi connectivity index (χ0n) is 8.46. The van der Waals surface area contributed by atoms with Crippen LogP contribution in [0.25, 0.3) is 0 Å². The van der Waals surface area contributed by atoms with E-state index in [9.17, 15) is 18.0 Å². The third-order valence-corrected chi connectivity index (χ3v) is 2.43. The fourth-order valence-corrected chi connectivity index (χ4v) is 1.67.